The molecular formula is C10H13N5O. The van der Waals surface area contributed by atoms with Gasteiger partial charge in [-0.2, -0.15) is 10.4 Å². The minimum Gasteiger partial charge on any atom is -0.347 e. The fraction of sp³-hybridized carbons (Fsp3) is 0.600. The normalized spacial score (nSPS) is 17.2. The third-order valence-electron chi connectivity index (χ3n) is 2.91. The van der Waals surface area contributed by atoms with E-state index in [4.69, 9.17) is 5.26 Å². The highest BCUT2D eigenvalue weighted by molar-refractivity contribution is 5.86. The molecule has 0 spiro atoms. The number of aryl methyl sites for hydroxylation is 1. The third-order valence-corrected chi connectivity index (χ3v) is 2.91. The van der Waals surface area contributed by atoms with E-state index in [0.717, 1.165) is 6.42 Å². The summed E-state index contributed by atoms with van der Waals surface area (Å²) in [5, 5.41) is 15.7. The van der Waals surface area contributed by atoms with Crippen LogP contribution < -0.4 is 5.32 Å². The molecule has 1 aliphatic carbocycles. The van der Waals surface area contributed by atoms with E-state index in [9.17, 15) is 4.79 Å². The number of aromatic nitrogens is 3. The maximum Gasteiger partial charge on any atom is 0.240 e. The van der Waals surface area contributed by atoms with E-state index in [2.05, 4.69) is 21.5 Å². The van der Waals surface area contributed by atoms with Gasteiger partial charge in [0.25, 0.3) is 0 Å². The van der Waals surface area contributed by atoms with Crippen molar-refractivity contribution in [2.75, 3.05) is 0 Å². The summed E-state index contributed by atoms with van der Waals surface area (Å²) in [5.41, 5.74) is -0.797. The number of hydrogen-bond acceptors (Lipinski definition) is 4. The molecule has 16 heavy (non-hydrogen) atoms. The van der Waals surface area contributed by atoms with Crippen molar-refractivity contribution in [3.63, 3.8) is 0 Å². The molecule has 0 saturated heterocycles. The molecule has 1 aromatic heterocycles. The molecule has 6 nitrogen and oxygen atoms in total. The molecule has 6 heteroatoms. The number of carbonyl (C=O) groups is 1. The Labute approximate surface area is 93.3 Å². The molecule has 1 saturated carbocycles. The van der Waals surface area contributed by atoms with Gasteiger partial charge in [0.2, 0.25) is 5.91 Å². The van der Waals surface area contributed by atoms with Crippen molar-refractivity contribution in [3.8, 4) is 6.07 Å². The second-order valence-electron chi connectivity index (χ2n) is 4.06. The van der Waals surface area contributed by atoms with Crippen molar-refractivity contribution >= 4 is 5.91 Å². The first-order chi connectivity index (χ1) is 7.66. The summed E-state index contributed by atoms with van der Waals surface area (Å²) in [6.07, 6.45) is 3.84. The third kappa shape index (κ3) is 1.76. The van der Waals surface area contributed by atoms with E-state index in [1.54, 1.807) is 18.1 Å². The molecule has 1 fully saturated rings. The number of carbonyl (C=O) groups excluding carboxylic acids is 1. The quantitative estimate of drug-likeness (QED) is 0.782. The summed E-state index contributed by atoms with van der Waals surface area (Å²) >= 11 is 0. The Balaban J connectivity index is 1.91. The second kappa shape index (κ2) is 3.93. The van der Waals surface area contributed by atoms with Gasteiger partial charge in [-0.3, -0.25) is 9.48 Å². The molecule has 0 bridgehead atoms. The van der Waals surface area contributed by atoms with Crippen LogP contribution in [0.2, 0.25) is 0 Å². The van der Waals surface area contributed by atoms with Gasteiger partial charge in [0.1, 0.15) is 11.7 Å². The van der Waals surface area contributed by atoms with Crippen LogP contribution in [0, 0.1) is 16.7 Å². The first-order valence-electron chi connectivity index (χ1n) is 5.20. The number of rotatable bonds is 3. The first kappa shape index (κ1) is 10.6. The van der Waals surface area contributed by atoms with Crippen LogP contribution in [0.3, 0.4) is 0 Å². The standard InChI is InChI=1S/C10H13N5O/c1-15-7-13-8(14-15)5-12-9(16)10(6-11)3-2-4-10/h7H,2-5H2,1H3,(H,12,16). The van der Waals surface area contributed by atoms with Crippen LogP contribution in [0.4, 0.5) is 0 Å². The highest BCUT2D eigenvalue weighted by Gasteiger charge is 2.44. The monoisotopic (exact) mass is 219 g/mol. The number of hydrogen-bond donors (Lipinski definition) is 1. The number of nitrogens with one attached hydrogen (secondary N) is 1. The van der Waals surface area contributed by atoms with Crippen LogP contribution in [0.5, 0.6) is 0 Å². The number of nitrogens with zero attached hydrogens (tertiary/aromatic N) is 4. The van der Waals surface area contributed by atoms with E-state index in [1.807, 2.05) is 0 Å². The summed E-state index contributed by atoms with van der Waals surface area (Å²) in [6.45, 7) is 0.281. The molecule has 1 aromatic rings. The molecule has 1 N–H and O–H groups in total. The maximum atomic E-state index is 11.8. The van der Waals surface area contributed by atoms with Crippen LogP contribution in [0.1, 0.15) is 25.1 Å². The molecule has 1 amide bonds. The van der Waals surface area contributed by atoms with Crippen molar-refractivity contribution in [1.29, 1.82) is 5.26 Å². The van der Waals surface area contributed by atoms with E-state index in [-0.39, 0.29) is 12.5 Å². The largest absolute Gasteiger partial charge is 0.347 e. The lowest BCUT2D eigenvalue weighted by Gasteiger charge is -2.33. The fourth-order valence-corrected chi connectivity index (χ4v) is 1.71. The minimum absolute atomic E-state index is 0.200. The predicted octanol–water partition coefficient (Wildman–Crippen LogP) is 0.125. The van der Waals surface area contributed by atoms with Crippen molar-refractivity contribution in [3.05, 3.63) is 12.2 Å². The molecule has 0 atom stereocenters. The van der Waals surface area contributed by atoms with Crippen LogP contribution >= 0.6 is 0 Å². The first-order valence-corrected chi connectivity index (χ1v) is 5.20. The lowest BCUT2D eigenvalue weighted by Crippen LogP contribution is -2.44. The molecule has 1 aliphatic rings. The molecule has 0 aromatic carbocycles. The molecule has 2 rings (SSSR count). The lowest BCUT2D eigenvalue weighted by molar-refractivity contribution is -0.131. The Morgan fingerprint density at radius 3 is 2.94 bits per heavy atom. The van der Waals surface area contributed by atoms with E-state index in [1.165, 1.54) is 0 Å². The average Bonchev–Trinajstić information content (AvgIpc) is 2.60. The Hall–Kier alpha value is -1.90. The highest BCUT2D eigenvalue weighted by atomic mass is 16.2. The SMILES string of the molecule is Cn1cnc(CNC(=O)C2(C#N)CCC2)n1. The van der Waals surface area contributed by atoms with Crippen molar-refractivity contribution in [1.82, 2.24) is 20.1 Å². The van der Waals surface area contributed by atoms with Crippen LogP contribution in [0.25, 0.3) is 0 Å². The van der Waals surface area contributed by atoms with Crippen molar-refractivity contribution in [2.24, 2.45) is 12.5 Å². The van der Waals surface area contributed by atoms with Gasteiger partial charge < -0.3 is 5.32 Å². The average molecular weight is 219 g/mol. The molecule has 0 unspecified atom stereocenters. The van der Waals surface area contributed by atoms with Gasteiger partial charge in [0.15, 0.2) is 5.82 Å². The van der Waals surface area contributed by atoms with Gasteiger partial charge in [0, 0.05) is 7.05 Å². The Morgan fingerprint density at radius 2 is 2.50 bits per heavy atom. The maximum absolute atomic E-state index is 11.8. The lowest BCUT2D eigenvalue weighted by atomic mass is 9.69. The Kier molecular flexibility index (Phi) is 2.60. The number of amides is 1. The summed E-state index contributed by atoms with van der Waals surface area (Å²) in [4.78, 5) is 15.8. The van der Waals surface area contributed by atoms with Gasteiger partial charge >= 0.3 is 0 Å². The van der Waals surface area contributed by atoms with Gasteiger partial charge in [0.05, 0.1) is 12.6 Å². The van der Waals surface area contributed by atoms with E-state index >= 15 is 0 Å². The van der Waals surface area contributed by atoms with E-state index in [0.29, 0.717) is 18.7 Å². The minimum atomic E-state index is -0.797. The summed E-state index contributed by atoms with van der Waals surface area (Å²) in [5.74, 6) is 0.358. The second-order valence-corrected chi connectivity index (χ2v) is 4.06. The highest BCUT2D eigenvalue weighted by Crippen LogP contribution is 2.40. The molecule has 84 valence electrons. The molecule has 0 aliphatic heterocycles. The Bertz CT molecular complexity index is 440. The van der Waals surface area contributed by atoms with Gasteiger partial charge in [-0.1, -0.05) is 0 Å². The van der Waals surface area contributed by atoms with Crippen LogP contribution in [0.15, 0.2) is 6.33 Å². The topological polar surface area (TPSA) is 83.6 Å². The fourth-order valence-electron chi connectivity index (χ4n) is 1.71. The summed E-state index contributed by atoms with van der Waals surface area (Å²) < 4.78 is 1.57. The number of nitriles is 1. The van der Waals surface area contributed by atoms with Crippen LogP contribution in [-0.4, -0.2) is 20.7 Å². The van der Waals surface area contributed by atoms with E-state index < -0.39 is 5.41 Å². The molecule has 1 heterocycles. The van der Waals surface area contributed by atoms with Gasteiger partial charge in [-0.05, 0) is 19.3 Å². The molecule has 0 radical (unpaired) electrons. The zero-order valence-electron chi connectivity index (χ0n) is 9.10. The summed E-state index contributed by atoms with van der Waals surface area (Å²) in [7, 11) is 1.76. The zero-order chi connectivity index (χ0) is 11.6. The Morgan fingerprint density at radius 1 is 1.75 bits per heavy atom. The van der Waals surface area contributed by atoms with Crippen molar-refractivity contribution < 1.29 is 4.79 Å². The smallest absolute Gasteiger partial charge is 0.240 e. The van der Waals surface area contributed by atoms with Gasteiger partial charge in [-0.25, -0.2) is 4.98 Å². The predicted molar refractivity (Wildman–Crippen MR) is 54.7 cm³/mol. The summed E-state index contributed by atoms with van der Waals surface area (Å²) in [6, 6.07) is 2.10. The van der Waals surface area contributed by atoms with Gasteiger partial charge in [-0.15, -0.1) is 0 Å². The zero-order valence-corrected chi connectivity index (χ0v) is 9.10. The van der Waals surface area contributed by atoms with Crippen LogP contribution in [-0.2, 0) is 18.4 Å². The molecular weight excluding hydrogens is 206 g/mol. The van der Waals surface area contributed by atoms with Crippen molar-refractivity contribution in [2.45, 2.75) is 25.8 Å².